The summed E-state index contributed by atoms with van der Waals surface area (Å²) in [5.41, 5.74) is 1.77. The molecule has 39 heavy (non-hydrogen) atoms. The van der Waals surface area contributed by atoms with Gasteiger partial charge in [0.15, 0.2) is 0 Å². The number of aromatic nitrogens is 2. The number of halogens is 1. The van der Waals surface area contributed by atoms with Crippen LogP contribution in [0.1, 0.15) is 21.6 Å². The van der Waals surface area contributed by atoms with Crippen molar-refractivity contribution in [2.45, 2.75) is 23.9 Å². The lowest BCUT2D eigenvalue weighted by Crippen LogP contribution is -2.46. The standard InChI is InChI=1S/C27H22ClN5O5S/c28-19-7-4-18-16-33(24(27(36)31-23(18)13-19)14-20-3-1-2-12-29-20)39(37,38)22-9-5-17(6-10-22)26(35)32-25-11-8-21(34)15-30-25/h1-13,15,24,34H,14,16H2,(H,31,36)(H,30,32,35)/t24-/m1/s1. The van der Waals surface area contributed by atoms with Gasteiger partial charge in [0.2, 0.25) is 15.9 Å². The first-order valence-electron chi connectivity index (χ1n) is 11.8. The van der Waals surface area contributed by atoms with Gasteiger partial charge in [0, 0.05) is 41.1 Å². The van der Waals surface area contributed by atoms with Gasteiger partial charge in [-0.3, -0.25) is 14.6 Å². The Morgan fingerprint density at radius 2 is 1.87 bits per heavy atom. The summed E-state index contributed by atoms with van der Waals surface area (Å²) in [5.74, 6) is -0.842. The number of hydrogen-bond donors (Lipinski definition) is 3. The van der Waals surface area contributed by atoms with E-state index in [4.69, 9.17) is 11.6 Å². The van der Waals surface area contributed by atoms with Gasteiger partial charge in [-0.25, -0.2) is 13.4 Å². The molecule has 0 aliphatic carbocycles. The van der Waals surface area contributed by atoms with Crippen molar-refractivity contribution in [2.75, 3.05) is 10.6 Å². The van der Waals surface area contributed by atoms with Crippen LogP contribution in [0.3, 0.4) is 0 Å². The summed E-state index contributed by atoms with van der Waals surface area (Å²) in [4.78, 5) is 34.1. The number of aromatic hydroxyl groups is 1. The molecule has 0 fully saturated rings. The smallest absolute Gasteiger partial charge is 0.256 e. The van der Waals surface area contributed by atoms with Gasteiger partial charge in [0.25, 0.3) is 5.91 Å². The zero-order chi connectivity index (χ0) is 27.6. The minimum atomic E-state index is -4.21. The Hall–Kier alpha value is -4.32. The van der Waals surface area contributed by atoms with Crippen molar-refractivity contribution in [2.24, 2.45) is 0 Å². The highest BCUT2D eigenvalue weighted by Crippen LogP contribution is 2.31. The van der Waals surface area contributed by atoms with Gasteiger partial charge < -0.3 is 15.7 Å². The number of carbonyl (C=O) groups is 2. The van der Waals surface area contributed by atoms with Gasteiger partial charge in [0.05, 0.1) is 11.1 Å². The van der Waals surface area contributed by atoms with E-state index in [-0.39, 0.29) is 35.0 Å². The quantitative estimate of drug-likeness (QED) is 0.323. The van der Waals surface area contributed by atoms with Crippen molar-refractivity contribution in [1.29, 1.82) is 0 Å². The van der Waals surface area contributed by atoms with Crippen LogP contribution < -0.4 is 10.6 Å². The number of fused-ring (bicyclic) bond motifs is 1. The number of pyridine rings is 2. The van der Waals surface area contributed by atoms with Crippen LogP contribution in [0.5, 0.6) is 5.75 Å². The SMILES string of the molecule is O=C(Nc1ccc(O)cn1)c1ccc(S(=O)(=O)N2Cc3ccc(Cl)cc3NC(=O)[C@H]2Cc2ccccn2)cc1. The molecule has 12 heteroatoms. The number of nitrogens with one attached hydrogen (secondary N) is 2. The Morgan fingerprint density at radius 3 is 2.56 bits per heavy atom. The Balaban J connectivity index is 1.46. The molecule has 3 heterocycles. The van der Waals surface area contributed by atoms with Crippen LogP contribution in [-0.2, 0) is 27.8 Å². The first-order chi connectivity index (χ1) is 18.7. The molecule has 4 aromatic rings. The largest absolute Gasteiger partial charge is 0.506 e. The fraction of sp³-hybridized carbons (Fsp3) is 0.111. The number of sulfonamides is 1. The molecular weight excluding hydrogens is 542 g/mol. The van der Waals surface area contributed by atoms with Crippen molar-refractivity contribution in [1.82, 2.24) is 14.3 Å². The van der Waals surface area contributed by atoms with Gasteiger partial charge >= 0.3 is 0 Å². The number of anilines is 2. The molecule has 3 N–H and O–H groups in total. The second-order valence-electron chi connectivity index (χ2n) is 8.76. The van der Waals surface area contributed by atoms with Crippen molar-refractivity contribution in [3.63, 3.8) is 0 Å². The van der Waals surface area contributed by atoms with E-state index in [1.165, 1.54) is 42.6 Å². The Bertz CT molecular complexity index is 1630. The molecule has 0 spiro atoms. The maximum Gasteiger partial charge on any atom is 0.256 e. The zero-order valence-corrected chi connectivity index (χ0v) is 21.9. The fourth-order valence-electron chi connectivity index (χ4n) is 4.15. The topological polar surface area (TPSA) is 142 Å². The molecule has 0 radical (unpaired) electrons. The van der Waals surface area contributed by atoms with Crippen molar-refractivity contribution < 1.29 is 23.1 Å². The van der Waals surface area contributed by atoms with Crippen LogP contribution in [0.15, 0.2) is 90.1 Å². The van der Waals surface area contributed by atoms with E-state index in [9.17, 15) is 23.1 Å². The maximum absolute atomic E-state index is 13.9. The van der Waals surface area contributed by atoms with Crippen LogP contribution in [-0.4, -0.2) is 45.7 Å². The first-order valence-corrected chi connectivity index (χ1v) is 13.6. The third kappa shape index (κ3) is 5.75. The second kappa shape index (κ2) is 10.8. The lowest BCUT2D eigenvalue weighted by Gasteiger charge is -2.27. The molecule has 0 unspecified atom stereocenters. The summed E-state index contributed by atoms with van der Waals surface area (Å²) in [6, 6.07) is 17.2. The van der Waals surface area contributed by atoms with Crippen molar-refractivity contribution >= 4 is 44.9 Å². The third-order valence-corrected chi connectivity index (χ3v) is 8.25. The number of amides is 2. The lowest BCUT2D eigenvalue weighted by atomic mass is 10.1. The minimum absolute atomic E-state index is 0.0446. The number of hydrogen-bond acceptors (Lipinski definition) is 7. The molecular formula is C27H22ClN5O5S. The Morgan fingerprint density at radius 1 is 1.08 bits per heavy atom. The van der Waals surface area contributed by atoms with Gasteiger partial charge in [-0.1, -0.05) is 23.7 Å². The number of benzene rings is 2. The van der Waals surface area contributed by atoms with Crippen LogP contribution in [0, 0.1) is 0 Å². The summed E-state index contributed by atoms with van der Waals surface area (Å²) in [5, 5.41) is 15.1. The molecule has 1 atom stereocenters. The first kappa shape index (κ1) is 26.3. The van der Waals surface area contributed by atoms with E-state index in [1.54, 1.807) is 42.6 Å². The Kier molecular flexibility index (Phi) is 7.29. The summed E-state index contributed by atoms with van der Waals surface area (Å²) in [7, 11) is -4.21. The van der Waals surface area contributed by atoms with E-state index in [0.29, 0.717) is 22.0 Å². The van der Waals surface area contributed by atoms with Crippen molar-refractivity contribution in [3.8, 4) is 5.75 Å². The summed E-state index contributed by atoms with van der Waals surface area (Å²) < 4.78 is 29.0. The molecule has 0 saturated carbocycles. The third-order valence-electron chi connectivity index (χ3n) is 6.15. The van der Waals surface area contributed by atoms with Crippen LogP contribution in [0.2, 0.25) is 5.02 Å². The maximum atomic E-state index is 13.9. The molecule has 10 nitrogen and oxygen atoms in total. The highest BCUT2D eigenvalue weighted by molar-refractivity contribution is 7.89. The summed E-state index contributed by atoms with van der Waals surface area (Å²) >= 11 is 6.12. The monoisotopic (exact) mass is 563 g/mol. The van der Waals surface area contributed by atoms with Crippen LogP contribution in [0.25, 0.3) is 0 Å². The van der Waals surface area contributed by atoms with Gasteiger partial charge in [-0.05, 0) is 66.2 Å². The molecule has 2 aromatic carbocycles. The van der Waals surface area contributed by atoms with Gasteiger partial charge in [-0.2, -0.15) is 4.31 Å². The van der Waals surface area contributed by atoms with E-state index < -0.39 is 27.9 Å². The lowest BCUT2D eigenvalue weighted by molar-refractivity contribution is -0.119. The number of carbonyl (C=O) groups excluding carboxylic acids is 2. The average Bonchev–Trinajstić information content (AvgIpc) is 3.06. The van der Waals surface area contributed by atoms with Crippen LogP contribution in [0.4, 0.5) is 11.5 Å². The average molecular weight is 564 g/mol. The van der Waals surface area contributed by atoms with E-state index in [0.717, 1.165) is 4.31 Å². The Labute approximate surface area is 229 Å². The van der Waals surface area contributed by atoms with Crippen molar-refractivity contribution in [3.05, 3.63) is 107 Å². The zero-order valence-electron chi connectivity index (χ0n) is 20.3. The van der Waals surface area contributed by atoms with E-state index >= 15 is 0 Å². The minimum Gasteiger partial charge on any atom is -0.506 e. The molecule has 0 saturated heterocycles. The summed E-state index contributed by atoms with van der Waals surface area (Å²) in [6.45, 7) is -0.0835. The molecule has 2 amide bonds. The highest BCUT2D eigenvalue weighted by Gasteiger charge is 2.39. The molecule has 198 valence electrons. The molecule has 1 aliphatic rings. The highest BCUT2D eigenvalue weighted by atomic mass is 35.5. The predicted octanol–water partition coefficient (Wildman–Crippen LogP) is 3.84. The fourth-order valence-corrected chi connectivity index (χ4v) is 5.89. The predicted molar refractivity (Wildman–Crippen MR) is 145 cm³/mol. The summed E-state index contributed by atoms with van der Waals surface area (Å²) in [6.07, 6.45) is 2.82. The number of rotatable bonds is 6. The van der Waals surface area contributed by atoms with Gasteiger partial charge in [-0.15, -0.1) is 0 Å². The number of nitrogens with zero attached hydrogens (tertiary/aromatic N) is 3. The van der Waals surface area contributed by atoms with Crippen LogP contribution >= 0.6 is 11.6 Å². The van der Waals surface area contributed by atoms with E-state index in [1.807, 2.05) is 0 Å². The molecule has 2 aromatic heterocycles. The molecule has 5 rings (SSSR count). The molecule has 1 aliphatic heterocycles. The normalized spacial score (nSPS) is 15.6. The van der Waals surface area contributed by atoms with E-state index in [2.05, 4.69) is 20.6 Å². The molecule has 0 bridgehead atoms. The van der Waals surface area contributed by atoms with Gasteiger partial charge in [0.1, 0.15) is 17.6 Å². The second-order valence-corrected chi connectivity index (χ2v) is 11.1.